The molecule has 0 aliphatic heterocycles. The number of nitrogens with zero attached hydrogens (tertiary/aromatic N) is 2. The Bertz CT molecular complexity index is 3400. The van der Waals surface area contributed by atoms with Crippen LogP contribution in [0.25, 0.3) is 99.5 Å². The summed E-state index contributed by atoms with van der Waals surface area (Å²) >= 11 is 0. The number of rotatable bonds is 5. The van der Waals surface area contributed by atoms with E-state index in [1.54, 1.807) is 0 Å². The zero-order valence-corrected chi connectivity index (χ0v) is 33.0. The maximum Gasteiger partial charge on any atom is 0.0547 e. The van der Waals surface area contributed by atoms with Gasteiger partial charge in [0.2, 0.25) is 0 Å². The van der Waals surface area contributed by atoms with E-state index in [0.29, 0.717) is 0 Å². The first-order valence-electron chi connectivity index (χ1n) is 20.6. The Balaban J connectivity index is 1.06. The van der Waals surface area contributed by atoms with Crippen LogP contribution in [-0.2, 0) is 5.41 Å². The van der Waals surface area contributed by atoms with Crippen LogP contribution in [0.4, 0.5) is 0 Å². The lowest BCUT2D eigenvalue weighted by atomic mass is 9.82. The van der Waals surface area contributed by atoms with Gasteiger partial charge in [-0.2, -0.15) is 0 Å². The third kappa shape index (κ3) is 5.13. The maximum atomic E-state index is 2.48. The first-order chi connectivity index (χ1) is 29.0. The van der Waals surface area contributed by atoms with E-state index in [-0.39, 0.29) is 5.41 Å². The van der Waals surface area contributed by atoms with Gasteiger partial charge in [0.1, 0.15) is 0 Å². The average molecular weight is 753 g/mol. The summed E-state index contributed by atoms with van der Waals surface area (Å²) in [6.07, 6.45) is 0. The van der Waals surface area contributed by atoms with Crippen molar-refractivity contribution in [1.82, 2.24) is 9.13 Å². The smallest absolute Gasteiger partial charge is 0.0547 e. The van der Waals surface area contributed by atoms with Gasteiger partial charge in [-0.05, 0) is 110 Å². The summed E-state index contributed by atoms with van der Waals surface area (Å²) in [5.41, 5.74) is 19.7. The van der Waals surface area contributed by atoms with Crippen molar-refractivity contribution in [3.63, 3.8) is 0 Å². The summed E-state index contributed by atoms with van der Waals surface area (Å²) in [5, 5.41) is 5.01. The van der Waals surface area contributed by atoms with Crippen molar-refractivity contribution >= 4 is 43.6 Å². The number of benzene rings is 9. The first-order valence-corrected chi connectivity index (χ1v) is 20.6. The third-order valence-electron chi connectivity index (χ3n) is 12.9. The van der Waals surface area contributed by atoms with Gasteiger partial charge in [-0.1, -0.05) is 166 Å². The molecule has 0 radical (unpaired) electrons. The Labute approximate surface area is 343 Å². The number of para-hydroxylation sites is 2. The van der Waals surface area contributed by atoms with Crippen molar-refractivity contribution in [2.45, 2.75) is 19.3 Å². The fourth-order valence-electron chi connectivity index (χ4n) is 10.0. The normalized spacial score (nSPS) is 13.1. The molecular weight excluding hydrogens is 713 g/mol. The monoisotopic (exact) mass is 752 g/mol. The molecule has 0 amide bonds. The van der Waals surface area contributed by atoms with Gasteiger partial charge in [-0.25, -0.2) is 0 Å². The molecule has 9 aromatic carbocycles. The Hall–Kier alpha value is -7.42. The van der Waals surface area contributed by atoms with E-state index in [2.05, 4.69) is 229 Å². The van der Waals surface area contributed by atoms with Crippen LogP contribution in [0.5, 0.6) is 0 Å². The minimum absolute atomic E-state index is 0.0812. The molecule has 0 fully saturated rings. The Morgan fingerprint density at radius 3 is 1.36 bits per heavy atom. The van der Waals surface area contributed by atoms with Gasteiger partial charge < -0.3 is 9.13 Å². The van der Waals surface area contributed by atoms with Crippen LogP contribution >= 0.6 is 0 Å². The SMILES string of the molecule is CC1(C)c2ccccc2-c2ccc(-n3c4ccccc4c4ccc(-c5ccc6c7ccccc7n(-c7cc(-c8ccccc8)cc(-c8ccccc8)c7)c6c5)cc43)cc21. The molecule has 0 spiro atoms. The van der Waals surface area contributed by atoms with E-state index >= 15 is 0 Å². The highest BCUT2D eigenvalue weighted by molar-refractivity contribution is 6.12. The molecular formula is C57H40N2. The number of hydrogen-bond donors (Lipinski definition) is 0. The summed E-state index contributed by atoms with van der Waals surface area (Å²) in [5.74, 6) is 0. The lowest BCUT2D eigenvalue weighted by Crippen LogP contribution is -2.15. The zero-order chi connectivity index (χ0) is 39.2. The molecule has 0 atom stereocenters. The van der Waals surface area contributed by atoms with Crippen LogP contribution < -0.4 is 0 Å². The lowest BCUT2D eigenvalue weighted by molar-refractivity contribution is 0.660. The van der Waals surface area contributed by atoms with E-state index < -0.39 is 0 Å². The van der Waals surface area contributed by atoms with E-state index in [0.717, 1.165) is 5.69 Å². The molecule has 11 aromatic rings. The van der Waals surface area contributed by atoms with E-state index in [4.69, 9.17) is 0 Å². The predicted molar refractivity (Wildman–Crippen MR) is 249 cm³/mol. The van der Waals surface area contributed by atoms with Crippen molar-refractivity contribution in [1.29, 1.82) is 0 Å². The summed E-state index contributed by atoms with van der Waals surface area (Å²) in [6.45, 7) is 4.72. The molecule has 2 aromatic heterocycles. The number of aromatic nitrogens is 2. The van der Waals surface area contributed by atoms with E-state index in [1.165, 1.54) is 105 Å². The second-order valence-electron chi connectivity index (χ2n) is 16.6. The van der Waals surface area contributed by atoms with E-state index in [1.807, 2.05) is 0 Å². The number of hydrogen-bond acceptors (Lipinski definition) is 0. The fourth-order valence-corrected chi connectivity index (χ4v) is 10.0. The molecule has 2 nitrogen and oxygen atoms in total. The fraction of sp³-hybridized carbons (Fsp3) is 0.0526. The van der Waals surface area contributed by atoms with Crippen molar-refractivity contribution in [2.75, 3.05) is 0 Å². The molecule has 0 bridgehead atoms. The molecule has 0 N–H and O–H groups in total. The minimum atomic E-state index is -0.0812. The standard InChI is InChI=1S/C57H40N2/c1-57(2)51-22-12-9-19-45(51)46-30-27-43(36-52(46)57)58-53-23-13-10-20-47(53)49-28-25-39(34-55(49)58)40-26-29-50-48-21-11-14-24-54(48)59(56(50)35-40)44-32-41(37-15-5-3-6-16-37)31-42(33-44)38-17-7-4-8-18-38/h3-36H,1-2H3. The Morgan fingerprint density at radius 2 is 0.763 bits per heavy atom. The quantitative estimate of drug-likeness (QED) is 0.166. The highest BCUT2D eigenvalue weighted by Gasteiger charge is 2.35. The van der Waals surface area contributed by atoms with E-state index in [9.17, 15) is 0 Å². The summed E-state index contributed by atoms with van der Waals surface area (Å²) < 4.78 is 4.94. The molecule has 2 heterocycles. The molecule has 0 saturated carbocycles. The van der Waals surface area contributed by atoms with Crippen molar-refractivity contribution < 1.29 is 0 Å². The van der Waals surface area contributed by atoms with Crippen LogP contribution in [0, 0.1) is 0 Å². The van der Waals surface area contributed by atoms with Crippen LogP contribution in [0.1, 0.15) is 25.0 Å². The molecule has 0 unspecified atom stereocenters. The predicted octanol–water partition coefficient (Wildman–Crippen LogP) is 15.2. The van der Waals surface area contributed by atoms with Crippen LogP contribution in [-0.4, -0.2) is 9.13 Å². The molecule has 278 valence electrons. The molecule has 1 aliphatic rings. The second kappa shape index (κ2) is 12.8. The molecule has 12 rings (SSSR count). The minimum Gasteiger partial charge on any atom is -0.309 e. The topological polar surface area (TPSA) is 9.86 Å². The molecule has 0 saturated heterocycles. The van der Waals surface area contributed by atoms with Gasteiger partial charge in [0, 0.05) is 38.3 Å². The van der Waals surface area contributed by atoms with Crippen LogP contribution in [0.3, 0.4) is 0 Å². The van der Waals surface area contributed by atoms with Gasteiger partial charge in [-0.3, -0.25) is 0 Å². The number of fused-ring (bicyclic) bond motifs is 9. The Kier molecular flexibility index (Phi) is 7.31. The zero-order valence-electron chi connectivity index (χ0n) is 33.0. The second-order valence-corrected chi connectivity index (χ2v) is 16.6. The summed E-state index contributed by atoms with van der Waals surface area (Å²) in [6, 6.07) is 76.2. The van der Waals surface area contributed by atoms with Crippen LogP contribution in [0.15, 0.2) is 206 Å². The van der Waals surface area contributed by atoms with Gasteiger partial charge in [0.05, 0.1) is 22.1 Å². The maximum absolute atomic E-state index is 2.48. The van der Waals surface area contributed by atoms with Crippen molar-refractivity contribution in [3.8, 4) is 55.9 Å². The summed E-state index contributed by atoms with van der Waals surface area (Å²) in [4.78, 5) is 0. The van der Waals surface area contributed by atoms with Crippen molar-refractivity contribution in [3.05, 3.63) is 217 Å². The largest absolute Gasteiger partial charge is 0.309 e. The first kappa shape index (κ1) is 33.7. The molecule has 1 aliphatic carbocycles. The highest BCUT2D eigenvalue weighted by Crippen LogP contribution is 2.49. The Morgan fingerprint density at radius 1 is 0.288 bits per heavy atom. The molecule has 2 heteroatoms. The van der Waals surface area contributed by atoms with Gasteiger partial charge in [0.25, 0.3) is 0 Å². The summed E-state index contributed by atoms with van der Waals surface area (Å²) in [7, 11) is 0. The van der Waals surface area contributed by atoms with Gasteiger partial charge in [0.15, 0.2) is 0 Å². The van der Waals surface area contributed by atoms with Crippen LogP contribution in [0.2, 0.25) is 0 Å². The highest BCUT2D eigenvalue weighted by atomic mass is 15.0. The third-order valence-corrected chi connectivity index (χ3v) is 12.9. The molecule has 59 heavy (non-hydrogen) atoms. The average Bonchev–Trinajstić information content (AvgIpc) is 3.89. The van der Waals surface area contributed by atoms with Gasteiger partial charge in [-0.15, -0.1) is 0 Å². The van der Waals surface area contributed by atoms with Crippen molar-refractivity contribution in [2.24, 2.45) is 0 Å². The lowest BCUT2D eigenvalue weighted by Gasteiger charge is -2.22. The van der Waals surface area contributed by atoms with Gasteiger partial charge >= 0.3 is 0 Å².